The molecule has 136 valence electrons. The van der Waals surface area contributed by atoms with Gasteiger partial charge in [-0.1, -0.05) is 17.7 Å². The normalized spacial score (nSPS) is 22.0. The Balaban J connectivity index is 1.44. The van der Waals surface area contributed by atoms with Crippen LogP contribution in [0.3, 0.4) is 0 Å². The van der Waals surface area contributed by atoms with Crippen LogP contribution in [-0.4, -0.2) is 54.4 Å². The first-order valence-electron chi connectivity index (χ1n) is 8.42. The van der Waals surface area contributed by atoms with Gasteiger partial charge >= 0.3 is 6.09 Å². The van der Waals surface area contributed by atoms with Crippen LogP contribution in [0.1, 0.15) is 25.7 Å². The third kappa shape index (κ3) is 4.76. The summed E-state index contributed by atoms with van der Waals surface area (Å²) >= 11 is 5.96. The molecule has 0 saturated carbocycles. The van der Waals surface area contributed by atoms with Gasteiger partial charge in [-0.05, 0) is 18.2 Å². The van der Waals surface area contributed by atoms with Gasteiger partial charge in [0, 0.05) is 50.8 Å². The summed E-state index contributed by atoms with van der Waals surface area (Å²) < 4.78 is 11.4. The van der Waals surface area contributed by atoms with E-state index < -0.39 is 6.23 Å². The standard InChI is InChI=1S/C17H22ClN3O4/c1-20-16(22)6-5-15(19-20)25-17(23)21-9-7-13(8-10-21)24-14-4-2-3-12(18)11-14/h2-4,11,13,15,19H,5-10H2,1H3. The smallest absolute Gasteiger partial charge is 0.411 e. The number of hydrogen-bond donors (Lipinski definition) is 1. The van der Waals surface area contributed by atoms with E-state index in [1.165, 1.54) is 5.01 Å². The molecule has 1 unspecified atom stereocenters. The lowest BCUT2D eigenvalue weighted by Gasteiger charge is -2.35. The minimum absolute atomic E-state index is 0.00808. The SMILES string of the molecule is CN1NC(OC(=O)N2CCC(Oc3cccc(Cl)c3)CC2)CCC1=O. The molecule has 2 aliphatic heterocycles. The summed E-state index contributed by atoms with van der Waals surface area (Å²) in [6.45, 7) is 1.15. The summed E-state index contributed by atoms with van der Waals surface area (Å²) in [5.74, 6) is 0.735. The minimum Gasteiger partial charge on any atom is -0.490 e. The number of carbonyl (C=O) groups excluding carboxylic acids is 2. The monoisotopic (exact) mass is 367 g/mol. The van der Waals surface area contributed by atoms with Crippen molar-refractivity contribution in [3.8, 4) is 5.75 Å². The number of hydrogen-bond acceptors (Lipinski definition) is 5. The number of halogens is 1. The zero-order chi connectivity index (χ0) is 17.8. The molecule has 2 saturated heterocycles. The Morgan fingerprint density at radius 1 is 1.28 bits per heavy atom. The number of likely N-dealkylation sites (tertiary alicyclic amines) is 1. The van der Waals surface area contributed by atoms with Gasteiger partial charge in [-0.2, -0.15) is 5.43 Å². The lowest BCUT2D eigenvalue weighted by molar-refractivity contribution is -0.142. The molecule has 1 aromatic carbocycles. The van der Waals surface area contributed by atoms with Crippen molar-refractivity contribution < 1.29 is 19.1 Å². The van der Waals surface area contributed by atoms with E-state index in [0.29, 0.717) is 31.0 Å². The second-order valence-electron chi connectivity index (χ2n) is 6.25. The highest BCUT2D eigenvalue weighted by atomic mass is 35.5. The van der Waals surface area contributed by atoms with Gasteiger partial charge in [-0.15, -0.1) is 0 Å². The third-order valence-corrected chi connectivity index (χ3v) is 4.61. The van der Waals surface area contributed by atoms with E-state index in [1.54, 1.807) is 24.1 Å². The van der Waals surface area contributed by atoms with Crippen molar-refractivity contribution in [2.75, 3.05) is 20.1 Å². The van der Waals surface area contributed by atoms with Crippen molar-refractivity contribution in [2.24, 2.45) is 0 Å². The number of amides is 2. The fourth-order valence-electron chi connectivity index (χ4n) is 2.95. The van der Waals surface area contributed by atoms with Crippen LogP contribution in [0.5, 0.6) is 5.75 Å². The molecule has 2 heterocycles. The largest absolute Gasteiger partial charge is 0.490 e. The van der Waals surface area contributed by atoms with E-state index >= 15 is 0 Å². The first kappa shape index (κ1) is 17.8. The van der Waals surface area contributed by atoms with E-state index in [4.69, 9.17) is 21.1 Å². The Kier molecular flexibility index (Phi) is 5.65. The maximum absolute atomic E-state index is 12.3. The van der Waals surface area contributed by atoms with Crippen molar-refractivity contribution in [1.29, 1.82) is 0 Å². The summed E-state index contributed by atoms with van der Waals surface area (Å²) in [5.41, 5.74) is 2.86. The molecule has 2 aliphatic rings. The molecule has 8 heteroatoms. The second-order valence-corrected chi connectivity index (χ2v) is 6.69. The molecule has 0 radical (unpaired) electrons. The van der Waals surface area contributed by atoms with Crippen LogP contribution < -0.4 is 10.2 Å². The molecular formula is C17H22ClN3O4. The van der Waals surface area contributed by atoms with Gasteiger partial charge in [0.15, 0.2) is 6.23 Å². The van der Waals surface area contributed by atoms with Crippen molar-refractivity contribution >= 4 is 23.6 Å². The van der Waals surface area contributed by atoms with Crippen LogP contribution in [-0.2, 0) is 9.53 Å². The van der Waals surface area contributed by atoms with Gasteiger partial charge in [0.05, 0.1) is 0 Å². The number of rotatable bonds is 3. The van der Waals surface area contributed by atoms with E-state index in [-0.39, 0.29) is 18.1 Å². The fraction of sp³-hybridized carbons (Fsp3) is 0.529. The molecule has 7 nitrogen and oxygen atoms in total. The van der Waals surface area contributed by atoms with Gasteiger partial charge in [0.1, 0.15) is 11.9 Å². The van der Waals surface area contributed by atoms with Gasteiger partial charge in [-0.3, -0.25) is 9.80 Å². The van der Waals surface area contributed by atoms with Crippen LogP contribution in [0.15, 0.2) is 24.3 Å². The number of nitrogens with one attached hydrogen (secondary N) is 1. The molecule has 25 heavy (non-hydrogen) atoms. The number of piperidine rings is 1. The first-order valence-corrected chi connectivity index (χ1v) is 8.79. The molecule has 1 atom stereocenters. The summed E-state index contributed by atoms with van der Waals surface area (Å²) in [4.78, 5) is 25.4. The highest BCUT2D eigenvalue weighted by Crippen LogP contribution is 2.22. The summed E-state index contributed by atoms with van der Waals surface area (Å²) in [6, 6.07) is 7.31. The average Bonchev–Trinajstić information content (AvgIpc) is 2.59. The van der Waals surface area contributed by atoms with Crippen molar-refractivity contribution in [3.05, 3.63) is 29.3 Å². The fourth-order valence-corrected chi connectivity index (χ4v) is 3.13. The Morgan fingerprint density at radius 2 is 2.04 bits per heavy atom. The van der Waals surface area contributed by atoms with E-state index in [2.05, 4.69) is 5.43 Å². The number of carbonyl (C=O) groups is 2. The maximum atomic E-state index is 12.3. The van der Waals surface area contributed by atoms with Crippen molar-refractivity contribution in [2.45, 2.75) is 38.0 Å². The molecular weight excluding hydrogens is 346 g/mol. The number of hydrazine groups is 1. The highest BCUT2D eigenvalue weighted by Gasteiger charge is 2.29. The Morgan fingerprint density at radius 3 is 2.72 bits per heavy atom. The van der Waals surface area contributed by atoms with Crippen LogP contribution in [0, 0.1) is 0 Å². The van der Waals surface area contributed by atoms with E-state index in [1.807, 2.05) is 12.1 Å². The third-order valence-electron chi connectivity index (χ3n) is 4.37. The maximum Gasteiger partial charge on any atom is 0.411 e. The molecule has 2 amide bonds. The molecule has 2 fully saturated rings. The molecule has 0 bridgehead atoms. The average molecular weight is 368 g/mol. The van der Waals surface area contributed by atoms with E-state index in [0.717, 1.165) is 18.6 Å². The molecule has 1 N–H and O–H groups in total. The minimum atomic E-state index is -0.462. The van der Waals surface area contributed by atoms with Gasteiger partial charge in [0.2, 0.25) is 5.91 Å². The van der Waals surface area contributed by atoms with Crippen LogP contribution in [0.2, 0.25) is 5.02 Å². The van der Waals surface area contributed by atoms with Crippen molar-refractivity contribution in [3.63, 3.8) is 0 Å². The Hall–Kier alpha value is -1.99. The Bertz CT molecular complexity index is 634. The second kappa shape index (κ2) is 7.93. The predicted octanol–water partition coefficient (Wildman–Crippen LogP) is 2.40. The molecule has 1 aromatic rings. The molecule has 0 aliphatic carbocycles. The summed E-state index contributed by atoms with van der Waals surface area (Å²) in [5, 5.41) is 2.01. The van der Waals surface area contributed by atoms with Crippen LogP contribution in [0.25, 0.3) is 0 Å². The lowest BCUT2D eigenvalue weighted by Crippen LogP contribution is -2.53. The quantitative estimate of drug-likeness (QED) is 0.888. The molecule has 3 rings (SSSR count). The topological polar surface area (TPSA) is 71.1 Å². The summed E-state index contributed by atoms with van der Waals surface area (Å²) in [6.07, 6.45) is 1.56. The molecule has 0 aromatic heterocycles. The van der Waals surface area contributed by atoms with Crippen LogP contribution in [0.4, 0.5) is 4.79 Å². The number of benzene rings is 1. The predicted molar refractivity (Wildman–Crippen MR) is 92.1 cm³/mol. The van der Waals surface area contributed by atoms with Gasteiger partial charge in [0.25, 0.3) is 0 Å². The van der Waals surface area contributed by atoms with Crippen molar-refractivity contribution in [1.82, 2.24) is 15.3 Å². The van der Waals surface area contributed by atoms with Gasteiger partial charge < -0.3 is 14.4 Å². The van der Waals surface area contributed by atoms with Crippen LogP contribution >= 0.6 is 11.6 Å². The summed E-state index contributed by atoms with van der Waals surface area (Å²) in [7, 11) is 1.63. The van der Waals surface area contributed by atoms with E-state index in [9.17, 15) is 9.59 Å². The van der Waals surface area contributed by atoms with Gasteiger partial charge in [-0.25, -0.2) is 4.79 Å². The number of ether oxygens (including phenoxy) is 2. The Labute approximate surface area is 151 Å². The first-order chi connectivity index (χ1) is 12.0. The number of nitrogens with zero attached hydrogens (tertiary/aromatic N) is 2. The molecule has 0 spiro atoms. The lowest BCUT2D eigenvalue weighted by atomic mass is 10.1. The zero-order valence-electron chi connectivity index (χ0n) is 14.1. The highest BCUT2D eigenvalue weighted by molar-refractivity contribution is 6.30. The zero-order valence-corrected chi connectivity index (χ0v) is 14.9.